The van der Waals surface area contributed by atoms with E-state index in [9.17, 15) is 14.7 Å². The summed E-state index contributed by atoms with van der Waals surface area (Å²) in [6, 6.07) is 3.04. The summed E-state index contributed by atoms with van der Waals surface area (Å²) in [5, 5.41) is 9.36. The minimum atomic E-state index is -0.859. The van der Waals surface area contributed by atoms with Gasteiger partial charge in [0.15, 0.2) is 0 Å². The molecular formula is C11H10N2O3. The fraction of sp³-hybridized carbons (Fsp3) is 0.182. The lowest BCUT2D eigenvalue weighted by Gasteiger charge is -2.05. The van der Waals surface area contributed by atoms with Gasteiger partial charge in [0.05, 0.1) is 11.7 Å². The molecule has 0 radical (unpaired) electrons. The highest BCUT2D eigenvalue weighted by Crippen LogP contribution is 2.07. The van der Waals surface area contributed by atoms with E-state index in [-0.39, 0.29) is 11.1 Å². The fourth-order valence-corrected chi connectivity index (χ4v) is 1.46. The number of pyridine rings is 1. The van der Waals surface area contributed by atoms with E-state index in [1.54, 1.807) is 0 Å². The Morgan fingerprint density at radius 1 is 1.56 bits per heavy atom. The third-order valence-electron chi connectivity index (χ3n) is 2.35. The molecule has 5 heteroatoms. The lowest BCUT2D eigenvalue weighted by atomic mass is 10.2. The van der Waals surface area contributed by atoms with Gasteiger partial charge >= 0.3 is 0 Å². The van der Waals surface area contributed by atoms with Crippen LogP contribution in [0.1, 0.15) is 28.9 Å². The van der Waals surface area contributed by atoms with Crippen LogP contribution in [0.3, 0.4) is 0 Å². The average Bonchev–Trinajstić information content (AvgIpc) is 2.28. The summed E-state index contributed by atoms with van der Waals surface area (Å²) >= 11 is 0. The number of carbonyl (C=O) groups is 1. The summed E-state index contributed by atoms with van der Waals surface area (Å²) in [5.74, 6) is 0. The second kappa shape index (κ2) is 3.86. The van der Waals surface area contributed by atoms with Crippen LogP contribution < -0.4 is 5.56 Å². The Hall–Kier alpha value is -2.01. The van der Waals surface area contributed by atoms with E-state index < -0.39 is 6.10 Å². The van der Waals surface area contributed by atoms with E-state index >= 15 is 0 Å². The molecule has 0 saturated carbocycles. The summed E-state index contributed by atoms with van der Waals surface area (Å²) in [7, 11) is 0. The Kier molecular flexibility index (Phi) is 2.54. The zero-order chi connectivity index (χ0) is 11.7. The van der Waals surface area contributed by atoms with Crippen molar-refractivity contribution in [3.63, 3.8) is 0 Å². The maximum atomic E-state index is 11.8. The van der Waals surface area contributed by atoms with Crippen LogP contribution in [0.25, 0.3) is 5.65 Å². The van der Waals surface area contributed by atoms with Crippen LogP contribution in [0.15, 0.2) is 29.3 Å². The first kappa shape index (κ1) is 10.5. The second-order valence-corrected chi connectivity index (χ2v) is 3.50. The maximum absolute atomic E-state index is 11.8. The van der Waals surface area contributed by atoms with Crippen molar-refractivity contribution in [2.75, 3.05) is 0 Å². The van der Waals surface area contributed by atoms with E-state index in [1.165, 1.54) is 35.9 Å². The molecule has 0 bridgehead atoms. The molecule has 1 N–H and O–H groups in total. The first-order valence-corrected chi connectivity index (χ1v) is 4.78. The molecule has 16 heavy (non-hydrogen) atoms. The SMILES string of the molecule is CC(O)c1cnc2cc(C=O)ccn2c1=O. The lowest BCUT2D eigenvalue weighted by Crippen LogP contribution is -2.20. The van der Waals surface area contributed by atoms with Gasteiger partial charge in [-0.3, -0.25) is 14.0 Å². The Labute approximate surface area is 91.0 Å². The van der Waals surface area contributed by atoms with Gasteiger partial charge in [-0.15, -0.1) is 0 Å². The van der Waals surface area contributed by atoms with Crippen molar-refractivity contribution in [1.29, 1.82) is 0 Å². The van der Waals surface area contributed by atoms with E-state index in [1.807, 2.05) is 0 Å². The van der Waals surface area contributed by atoms with Crippen molar-refractivity contribution in [3.8, 4) is 0 Å². The Bertz CT molecular complexity index is 602. The molecular weight excluding hydrogens is 208 g/mol. The number of hydrogen-bond donors (Lipinski definition) is 1. The number of fused-ring (bicyclic) bond motifs is 1. The highest BCUT2D eigenvalue weighted by molar-refractivity contribution is 5.76. The standard InChI is InChI=1S/C11H10N2O3/c1-7(15)9-5-12-10-4-8(6-14)2-3-13(10)11(9)16/h2-7,15H,1H3. The molecule has 0 aromatic carbocycles. The molecule has 0 aliphatic rings. The molecule has 0 fully saturated rings. The van der Waals surface area contributed by atoms with Crippen molar-refractivity contribution in [2.45, 2.75) is 13.0 Å². The predicted molar refractivity (Wildman–Crippen MR) is 57.5 cm³/mol. The molecule has 2 aromatic heterocycles. The summed E-state index contributed by atoms with van der Waals surface area (Å²) < 4.78 is 1.30. The summed E-state index contributed by atoms with van der Waals surface area (Å²) in [4.78, 5) is 26.4. The highest BCUT2D eigenvalue weighted by atomic mass is 16.3. The number of rotatable bonds is 2. The topological polar surface area (TPSA) is 71.7 Å². The third kappa shape index (κ3) is 1.61. The number of nitrogens with zero attached hydrogens (tertiary/aromatic N) is 2. The van der Waals surface area contributed by atoms with Gasteiger partial charge in [0.1, 0.15) is 11.9 Å². The molecule has 0 aliphatic carbocycles. The number of carbonyl (C=O) groups excluding carboxylic acids is 1. The van der Waals surface area contributed by atoms with Gasteiger partial charge in [-0.05, 0) is 19.1 Å². The van der Waals surface area contributed by atoms with Gasteiger partial charge in [0.25, 0.3) is 5.56 Å². The zero-order valence-electron chi connectivity index (χ0n) is 8.62. The van der Waals surface area contributed by atoms with Crippen molar-refractivity contribution in [3.05, 3.63) is 46.0 Å². The Morgan fingerprint density at radius 2 is 2.31 bits per heavy atom. The Morgan fingerprint density at radius 3 is 2.94 bits per heavy atom. The normalized spacial score (nSPS) is 12.6. The van der Waals surface area contributed by atoms with Gasteiger partial charge in [0, 0.05) is 18.0 Å². The minimum Gasteiger partial charge on any atom is -0.388 e. The first-order chi connectivity index (χ1) is 7.63. The van der Waals surface area contributed by atoms with Gasteiger partial charge < -0.3 is 5.11 Å². The molecule has 1 atom stereocenters. The molecule has 0 spiro atoms. The van der Waals surface area contributed by atoms with Crippen molar-refractivity contribution in [2.24, 2.45) is 0 Å². The minimum absolute atomic E-state index is 0.233. The van der Waals surface area contributed by atoms with Crippen LogP contribution in [0.5, 0.6) is 0 Å². The third-order valence-corrected chi connectivity index (χ3v) is 2.35. The average molecular weight is 218 g/mol. The fourth-order valence-electron chi connectivity index (χ4n) is 1.46. The van der Waals surface area contributed by atoms with Crippen LogP contribution in [-0.2, 0) is 0 Å². The van der Waals surface area contributed by atoms with Crippen molar-refractivity contribution < 1.29 is 9.90 Å². The molecule has 2 heterocycles. The summed E-state index contributed by atoms with van der Waals surface area (Å²) in [6.45, 7) is 1.50. The van der Waals surface area contributed by atoms with E-state index in [2.05, 4.69) is 4.98 Å². The highest BCUT2D eigenvalue weighted by Gasteiger charge is 2.09. The molecule has 0 aliphatic heterocycles. The van der Waals surface area contributed by atoms with E-state index in [0.29, 0.717) is 17.5 Å². The lowest BCUT2D eigenvalue weighted by molar-refractivity contribution is 0.112. The largest absolute Gasteiger partial charge is 0.388 e. The van der Waals surface area contributed by atoms with Gasteiger partial charge in [-0.2, -0.15) is 0 Å². The van der Waals surface area contributed by atoms with Gasteiger partial charge in [-0.1, -0.05) is 0 Å². The van der Waals surface area contributed by atoms with Crippen LogP contribution in [-0.4, -0.2) is 20.8 Å². The van der Waals surface area contributed by atoms with Crippen molar-refractivity contribution >= 4 is 11.9 Å². The van der Waals surface area contributed by atoms with Crippen LogP contribution in [0.2, 0.25) is 0 Å². The van der Waals surface area contributed by atoms with Crippen molar-refractivity contribution in [1.82, 2.24) is 9.38 Å². The van der Waals surface area contributed by atoms with E-state index in [4.69, 9.17) is 0 Å². The zero-order valence-corrected chi connectivity index (χ0v) is 8.62. The molecule has 0 amide bonds. The number of aldehydes is 1. The monoisotopic (exact) mass is 218 g/mol. The number of hydrogen-bond acceptors (Lipinski definition) is 4. The number of aliphatic hydroxyl groups is 1. The maximum Gasteiger partial charge on any atom is 0.263 e. The predicted octanol–water partition coefficient (Wildman–Crippen LogP) is 0.560. The van der Waals surface area contributed by atoms with Gasteiger partial charge in [0.2, 0.25) is 0 Å². The molecule has 1 unspecified atom stereocenters. The summed E-state index contributed by atoms with van der Waals surface area (Å²) in [5.41, 5.74) is 0.754. The molecule has 2 rings (SSSR count). The first-order valence-electron chi connectivity index (χ1n) is 4.78. The molecule has 5 nitrogen and oxygen atoms in total. The molecule has 0 saturated heterocycles. The smallest absolute Gasteiger partial charge is 0.263 e. The number of aromatic nitrogens is 2. The number of aliphatic hydroxyl groups excluding tert-OH is 1. The quantitative estimate of drug-likeness (QED) is 0.747. The van der Waals surface area contributed by atoms with Crippen LogP contribution in [0, 0.1) is 0 Å². The molecule has 82 valence electrons. The Balaban J connectivity index is 2.77. The van der Waals surface area contributed by atoms with Crippen LogP contribution >= 0.6 is 0 Å². The summed E-state index contributed by atoms with van der Waals surface area (Å²) in [6.07, 6.45) is 2.63. The van der Waals surface area contributed by atoms with E-state index in [0.717, 1.165) is 0 Å². The van der Waals surface area contributed by atoms with Crippen LogP contribution in [0.4, 0.5) is 0 Å². The molecule has 2 aromatic rings. The van der Waals surface area contributed by atoms with Gasteiger partial charge in [-0.25, -0.2) is 4.98 Å². The second-order valence-electron chi connectivity index (χ2n) is 3.50.